The number of aryl methyl sites for hydroxylation is 1. The summed E-state index contributed by atoms with van der Waals surface area (Å²) in [6.07, 6.45) is 9.14. The van der Waals surface area contributed by atoms with Crippen molar-refractivity contribution in [3.63, 3.8) is 0 Å². The van der Waals surface area contributed by atoms with Crippen molar-refractivity contribution in [3.8, 4) is 0 Å². The first-order valence-corrected chi connectivity index (χ1v) is 13.8. The Labute approximate surface area is 193 Å². The number of amides is 1. The van der Waals surface area contributed by atoms with Crippen LogP contribution in [0, 0.1) is 0 Å². The van der Waals surface area contributed by atoms with E-state index in [1.807, 2.05) is 36.4 Å². The fourth-order valence-corrected chi connectivity index (χ4v) is 7.33. The summed E-state index contributed by atoms with van der Waals surface area (Å²) in [6, 6.07) is 9.07. The highest BCUT2D eigenvalue weighted by Gasteiger charge is 2.39. The van der Waals surface area contributed by atoms with Crippen LogP contribution in [0.25, 0.3) is 0 Å². The molecule has 1 aliphatic heterocycles. The molecule has 3 atom stereocenters. The molecule has 1 aliphatic carbocycles. The number of fused-ring (bicyclic) bond motifs is 1. The zero-order chi connectivity index (χ0) is 23.0. The third-order valence-corrected chi connectivity index (χ3v) is 8.99. The molecule has 9 heteroatoms. The molecule has 2 N–H and O–H groups in total. The van der Waals surface area contributed by atoms with Crippen molar-refractivity contribution in [2.45, 2.75) is 44.7 Å². The molecule has 7 nitrogen and oxygen atoms in total. The quantitative estimate of drug-likeness (QED) is 0.366. The number of carbonyl (C=O) groups excluding carboxylic acids is 1. The summed E-state index contributed by atoms with van der Waals surface area (Å²) in [5, 5.41) is 12.4. The van der Waals surface area contributed by atoms with Crippen LogP contribution in [0.1, 0.15) is 31.7 Å². The maximum Gasteiger partial charge on any atom is 0.323 e. The van der Waals surface area contributed by atoms with Crippen LogP contribution in [0.3, 0.4) is 0 Å². The number of carboxylic acids is 1. The first-order chi connectivity index (χ1) is 15.4. The van der Waals surface area contributed by atoms with Crippen LogP contribution >= 0.6 is 19.3 Å². The minimum absolute atomic E-state index is 0.271. The zero-order valence-corrected chi connectivity index (χ0v) is 20.0. The lowest BCUT2D eigenvalue weighted by Crippen LogP contribution is -2.51. The van der Waals surface area contributed by atoms with Gasteiger partial charge in [0, 0.05) is 16.8 Å². The number of hydrogen-bond acceptors (Lipinski definition) is 5. The van der Waals surface area contributed by atoms with Gasteiger partial charge in [0.05, 0.1) is 12.6 Å². The average Bonchev–Trinajstić information content (AvgIpc) is 2.90. The summed E-state index contributed by atoms with van der Waals surface area (Å²) in [7, 11) is -3.26. The molecule has 1 saturated heterocycles. The molecular formula is C23H31N2O5PS. The first kappa shape index (κ1) is 24.8. The number of benzene rings is 1. The number of carboxylic acid groups (broad SMARTS) is 1. The van der Waals surface area contributed by atoms with Crippen LogP contribution in [-0.4, -0.2) is 59.0 Å². The molecule has 3 rings (SSSR count). The molecule has 174 valence electrons. The highest BCUT2D eigenvalue weighted by molar-refractivity contribution is 8.03. The minimum atomic E-state index is -3.26. The number of hydrogen-bond donors (Lipinski definition) is 2. The van der Waals surface area contributed by atoms with E-state index in [2.05, 4.69) is 17.2 Å². The Morgan fingerprint density at radius 3 is 2.81 bits per heavy atom. The van der Waals surface area contributed by atoms with Gasteiger partial charge in [-0.2, -0.15) is 0 Å². The molecule has 32 heavy (non-hydrogen) atoms. The van der Waals surface area contributed by atoms with E-state index in [1.54, 1.807) is 6.92 Å². The second-order valence-corrected chi connectivity index (χ2v) is 11.3. The van der Waals surface area contributed by atoms with Gasteiger partial charge in [-0.25, -0.2) is 5.09 Å². The molecular weight excluding hydrogens is 447 g/mol. The number of thioether (sulfide) groups is 1. The summed E-state index contributed by atoms with van der Waals surface area (Å²) in [6.45, 7) is 1.67. The first-order valence-electron chi connectivity index (χ1n) is 11.0. The molecule has 1 amide bonds. The van der Waals surface area contributed by atoms with E-state index in [1.165, 1.54) is 22.2 Å². The Balaban J connectivity index is 1.67. The normalized spacial score (nSPS) is 22.6. The maximum atomic E-state index is 13.5. The molecule has 0 bridgehead atoms. The lowest BCUT2D eigenvalue weighted by molar-refractivity contribution is -0.146. The van der Waals surface area contributed by atoms with E-state index >= 15 is 0 Å². The van der Waals surface area contributed by atoms with Crippen molar-refractivity contribution < 1.29 is 23.8 Å². The molecule has 0 radical (unpaired) electrons. The molecule has 0 saturated carbocycles. The highest BCUT2D eigenvalue weighted by atomic mass is 32.2. The van der Waals surface area contributed by atoms with Gasteiger partial charge in [0.1, 0.15) is 12.6 Å². The van der Waals surface area contributed by atoms with E-state index in [0.29, 0.717) is 24.8 Å². The van der Waals surface area contributed by atoms with Crippen molar-refractivity contribution >= 4 is 31.2 Å². The number of carbonyl (C=O) groups is 2. The monoisotopic (exact) mass is 478 g/mol. The van der Waals surface area contributed by atoms with Gasteiger partial charge in [0.2, 0.25) is 5.91 Å². The molecule has 0 aromatic heterocycles. The van der Waals surface area contributed by atoms with Gasteiger partial charge in [0.15, 0.2) is 0 Å². The Morgan fingerprint density at radius 1 is 1.31 bits per heavy atom. The van der Waals surface area contributed by atoms with Gasteiger partial charge in [-0.1, -0.05) is 48.6 Å². The number of nitrogens with one attached hydrogen (secondary N) is 1. The summed E-state index contributed by atoms with van der Waals surface area (Å²) in [4.78, 5) is 27.1. The van der Waals surface area contributed by atoms with E-state index < -0.39 is 19.5 Å². The van der Waals surface area contributed by atoms with Crippen molar-refractivity contribution in [2.24, 2.45) is 0 Å². The van der Waals surface area contributed by atoms with E-state index in [4.69, 9.17) is 4.52 Å². The summed E-state index contributed by atoms with van der Waals surface area (Å²) in [5.41, 5.74) is 1.23. The maximum absolute atomic E-state index is 13.5. The summed E-state index contributed by atoms with van der Waals surface area (Å²) in [5.74, 6) is -1.02. The summed E-state index contributed by atoms with van der Waals surface area (Å²) >= 11 is 1.51. The summed E-state index contributed by atoms with van der Waals surface area (Å²) < 4.78 is 19.2. The zero-order valence-electron chi connectivity index (χ0n) is 18.3. The van der Waals surface area contributed by atoms with Crippen molar-refractivity contribution in [3.05, 3.63) is 59.0 Å². The van der Waals surface area contributed by atoms with Gasteiger partial charge in [-0.05, 0) is 38.2 Å². The number of nitrogens with zero attached hydrogens (tertiary/aromatic N) is 1. The second kappa shape index (κ2) is 11.8. The lowest BCUT2D eigenvalue weighted by atomic mass is 10.1. The van der Waals surface area contributed by atoms with E-state index in [9.17, 15) is 19.3 Å². The molecule has 0 spiro atoms. The van der Waals surface area contributed by atoms with Gasteiger partial charge in [0.25, 0.3) is 7.52 Å². The number of unbranched alkanes of at least 4 members (excludes halogenated alkanes) is 1. The number of rotatable bonds is 11. The third-order valence-electron chi connectivity index (χ3n) is 5.46. The fraction of sp³-hybridized carbons (Fsp3) is 0.478. The molecule has 1 heterocycles. The SMILES string of the molecule is CCOP(=O)(CCCCc1ccccc1)NC1CSC2=CC=CCC2N(CC(=O)O)C1=O. The average molecular weight is 479 g/mol. The molecule has 1 aromatic rings. The Morgan fingerprint density at radius 2 is 2.09 bits per heavy atom. The van der Waals surface area contributed by atoms with E-state index in [0.717, 1.165) is 17.7 Å². The largest absolute Gasteiger partial charge is 0.480 e. The van der Waals surface area contributed by atoms with Crippen molar-refractivity contribution in [1.82, 2.24) is 9.99 Å². The molecule has 3 unspecified atom stereocenters. The van der Waals surface area contributed by atoms with Gasteiger partial charge in [-0.15, -0.1) is 11.8 Å². The minimum Gasteiger partial charge on any atom is -0.480 e. The fourth-order valence-electron chi connectivity index (χ4n) is 3.96. The number of aliphatic carboxylic acids is 1. The molecule has 1 fully saturated rings. The third kappa shape index (κ3) is 6.82. The van der Waals surface area contributed by atoms with Gasteiger partial charge >= 0.3 is 5.97 Å². The smallest absolute Gasteiger partial charge is 0.323 e. The van der Waals surface area contributed by atoms with E-state index in [-0.39, 0.29) is 25.1 Å². The van der Waals surface area contributed by atoms with Crippen LogP contribution in [-0.2, 0) is 25.1 Å². The van der Waals surface area contributed by atoms with Crippen molar-refractivity contribution in [1.29, 1.82) is 0 Å². The predicted octanol–water partition coefficient (Wildman–Crippen LogP) is 4.07. The highest BCUT2D eigenvalue weighted by Crippen LogP contribution is 2.45. The van der Waals surface area contributed by atoms with Crippen molar-refractivity contribution in [2.75, 3.05) is 25.1 Å². The molecule has 2 aliphatic rings. The topological polar surface area (TPSA) is 95.9 Å². The van der Waals surface area contributed by atoms with Gasteiger partial charge in [-0.3, -0.25) is 14.2 Å². The van der Waals surface area contributed by atoms with Crippen LogP contribution < -0.4 is 5.09 Å². The Bertz CT molecular complexity index is 905. The van der Waals surface area contributed by atoms with Gasteiger partial charge < -0.3 is 14.5 Å². The molecule has 1 aromatic carbocycles. The predicted molar refractivity (Wildman–Crippen MR) is 128 cm³/mol. The number of allylic oxidation sites excluding steroid dienone is 2. The second-order valence-electron chi connectivity index (χ2n) is 7.86. The Hall–Kier alpha value is -1.86. The lowest BCUT2D eigenvalue weighted by Gasteiger charge is -2.32. The van der Waals surface area contributed by atoms with Crippen LogP contribution in [0.5, 0.6) is 0 Å². The Kier molecular flexibility index (Phi) is 9.17. The van der Waals surface area contributed by atoms with Crippen LogP contribution in [0.15, 0.2) is 53.5 Å². The standard InChI is InChI=1S/C23H31N2O5PS/c1-2-30-31(29,15-9-8-12-18-10-4-3-5-11-18)24-19-17-32-21-14-7-6-13-20(21)25(23(19)28)16-22(26)27/h3-7,10-11,14,19-20H,2,8-9,12-13,15-17H2,1H3,(H,24,29)(H,26,27). The van der Waals surface area contributed by atoms with Crippen LogP contribution in [0.4, 0.5) is 0 Å². The van der Waals surface area contributed by atoms with Crippen LogP contribution in [0.2, 0.25) is 0 Å².